The summed E-state index contributed by atoms with van der Waals surface area (Å²) in [5.41, 5.74) is 5.38. The van der Waals surface area contributed by atoms with Crippen LogP contribution in [0.1, 0.15) is 36.2 Å². The van der Waals surface area contributed by atoms with Gasteiger partial charge in [-0.05, 0) is 31.7 Å². The monoisotopic (exact) mass is 410 g/mol. The second kappa shape index (κ2) is 8.44. The molecule has 0 aliphatic carbocycles. The molecule has 2 amide bonds. The molecule has 28 heavy (non-hydrogen) atoms. The number of likely N-dealkylation sites (tertiary alicyclic amines) is 1. The minimum Gasteiger partial charge on any atom is -0.488 e. The first-order chi connectivity index (χ1) is 13.2. The molecule has 0 saturated carbocycles. The SMILES string of the molecule is CS(=O)(=O)N1CCC(C(=O)N2CCCC(Oc3ccnc(C(N)=O)c3)C2)CC1. The number of sulfonamides is 1. The van der Waals surface area contributed by atoms with Crippen molar-refractivity contribution >= 4 is 21.8 Å². The van der Waals surface area contributed by atoms with E-state index in [0.717, 1.165) is 12.8 Å². The predicted molar refractivity (Wildman–Crippen MR) is 102 cm³/mol. The quantitative estimate of drug-likeness (QED) is 0.741. The van der Waals surface area contributed by atoms with Crippen molar-refractivity contribution in [3.63, 3.8) is 0 Å². The molecule has 0 radical (unpaired) electrons. The van der Waals surface area contributed by atoms with E-state index in [2.05, 4.69) is 4.98 Å². The molecule has 1 atom stereocenters. The van der Waals surface area contributed by atoms with E-state index >= 15 is 0 Å². The molecule has 3 rings (SSSR count). The summed E-state index contributed by atoms with van der Waals surface area (Å²) in [4.78, 5) is 29.8. The number of nitrogens with zero attached hydrogens (tertiary/aromatic N) is 3. The highest BCUT2D eigenvalue weighted by Crippen LogP contribution is 2.24. The molecule has 9 nitrogen and oxygen atoms in total. The molecule has 154 valence electrons. The van der Waals surface area contributed by atoms with Gasteiger partial charge in [-0.1, -0.05) is 0 Å². The third-order valence-electron chi connectivity index (χ3n) is 5.25. The van der Waals surface area contributed by atoms with Crippen LogP contribution in [0.25, 0.3) is 0 Å². The van der Waals surface area contributed by atoms with Gasteiger partial charge in [0.05, 0.1) is 12.8 Å². The zero-order valence-electron chi connectivity index (χ0n) is 15.9. The number of ether oxygens (including phenoxy) is 1. The Labute approximate surface area is 164 Å². The van der Waals surface area contributed by atoms with Gasteiger partial charge in [0.15, 0.2) is 0 Å². The lowest BCUT2D eigenvalue weighted by atomic mass is 9.95. The molecule has 10 heteroatoms. The van der Waals surface area contributed by atoms with Crippen LogP contribution in [0, 0.1) is 5.92 Å². The first kappa shape index (κ1) is 20.5. The van der Waals surface area contributed by atoms with Crippen molar-refractivity contribution in [3.8, 4) is 5.75 Å². The Hall–Kier alpha value is -2.20. The van der Waals surface area contributed by atoms with Gasteiger partial charge in [0.2, 0.25) is 15.9 Å². The van der Waals surface area contributed by atoms with E-state index in [-0.39, 0.29) is 23.6 Å². The zero-order valence-corrected chi connectivity index (χ0v) is 16.7. The molecule has 1 aromatic heterocycles. The van der Waals surface area contributed by atoms with Gasteiger partial charge in [0.1, 0.15) is 17.5 Å². The van der Waals surface area contributed by atoms with Gasteiger partial charge in [-0.25, -0.2) is 12.7 Å². The molecule has 2 aliphatic heterocycles. The summed E-state index contributed by atoms with van der Waals surface area (Å²) in [5, 5.41) is 0. The van der Waals surface area contributed by atoms with Gasteiger partial charge >= 0.3 is 0 Å². The van der Waals surface area contributed by atoms with E-state index in [1.165, 1.54) is 22.8 Å². The van der Waals surface area contributed by atoms with Gasteiger partial charge in [0.25, 0.3) is 5.91 Å². The fourth-order valence-electron chi connectivity index (χ4n) is 3.74. The number of amides is 2. The second-order valence-corrected chi connectivity index (χ2v) is 9.33. The van der Waals surface area contributed by atoms with Crippen molar-refractivity contribution in [2.24, 2.45) is 11.7 Å². The largest absolute Gasteiger partial charge is 0.488 e. The molecule has 3 heterocycles. The topological polar surface area (TPSA) is 123 Å². The van der Waals surface area contributed by atoms with Crippen LogP contribution < -0.4 is 10.5 Å². The third kappa shape index (κ3) is 4.99. The maximum absolute atomic E-state index is 12.9. The lowest BCUT2D eigenvalue weighted by molar-refractivity contribution is -0.139. The molecular formula is C18H26N4O5S. The van der Waals surface area contributed by atoms with Crippen LogP contribution in [-0.4, -0.2) is 73.0 Å². The van der Waals surface area contributed by atoms with E-state index in [0.29, 0.717) is 44.8 Å². The average Bonchev–Trinajstić information content (AvgIpc) is 2.67. The van der Waals surface area contributed by atoms with Gasteiger partial charge in [-0.3, -0.25) is 14.6 Å². The zero-order chi connectivity index (χ0) is 20.3. The number of rotatable bonds is 5. The van der Waals surface area contributed by atoms with Crippen LogP contribution >= 0.6 is 0 Å². The van der Waals surface area contributed by atoms with Gasteiger partial charge in [-0.2, -0.15) is 0 Å². The maximum Gasteiger partial charge on any atom is 0.267 e. The minimum atomic E-state index is -3.20. The van der Waals surface area contributed by atoms with Crippen LogP contribution in [-0.2, 0) is 14.8 Å². The van der Waals surface area contributed by atoms with Crippen LogP contribution in [0.3, 0.4) is 0 Å². The Morgan fingerprint density at radius 2 is 1.93 bits per heavy atom. The Kier molecular flexibility index (Phi) is 6.19. The van der Waals surface area contributed by atoms with Crippen LogP contribution in [0.4, 0.5) is 0 Å². The first-order valence-electron chi connectivity index (χ1n) is 9.40. The molecule has 2 N–H and O–H groups in total. The number of piperidine rings is 2. The summed E-state index contributed by atoms with van der Waals surface area (Å²) in [6.07, 6.45) is 5.22. The fourth-order valence-corrected chi connectivity index (χ4v) is 4.61. The van der Waals surface area contributed by atoms with Crippen LogP contribution in [0.15, 0.2) is 18.3 Å². The Bertz CT molecular complexity index is 836. The molecule has 0 aromatic carbocycles. The van der Waals surface area contributed by atoms with Crippen molar-refractivity contribution in [1.29, 1.82) is 0 Å². The first-order valence-corrected chi connectivity index (χ1v) is 11.3. The molecule has 2 aliphatic rings. The van der Waals surface area contributed by atoms with Crippen molar-refractivity contribution in [2.45, 2.75) is 31.8 Å². The summed E-state index contributed by atoms with van der Waals surface area (Å²) in [6, 6.07) is 3.16. The lowest BCUT2D eigenvalue weighted by Gasteiger charge is -2.37. The fraction of sp³-hybridized carbons (Fsp3) is 0.611. The highest BCUT2D eigenvalue weighted by atomic mass is 32.2. The van der Waals surface area contributed by atoms with Crippen LogP contribution in [0.2, 0.25) is 0 Å². The lowest BCUT2D eigenvalue weighted by Crippen LogP contribution is -2.49. The highest BCUT2D eigenvalue weighted by molar-refractivity contribution is 7.88. The summed E-state index contributed by atoms with van der Waals surface area (Å²) < 4.78 is 30.6. The number of nitrogens with two attached hydrogens (primary N) is 1. The van der Waals surface area contributed by atoms with Crippen LogP contribution in [0.5, 0.6) is 5.75 Å². The molecular weight excluding hydrogens is 384 g/mol. The standard InChI is InChI=1S/C18H26N4O5S/c1-28(25,26)22-9-5-13(6-10-22)18(24)21-8-2-3-15(12-21)27-14-4-7-20-16(11-14)17(19)23/h4,7,11,13,15H,2-3,5-6,8-10,12H2,1H3,(H2,19,23). The Morgan fingerprint density at radius 1 is 1.21 bits per heavy atom. The minimum absolute atomic E-state index is 0.0639. The number of carbonyl (C=O) groups is 2. The smallest absolute Gasteiger partial charge is 0.267 e. The van der Waals surface area contributed by atoms with Crippen molar-refractivity contribution < 1.29 is 22.7 Å². The normalized spacial score (nSPS) is 22.0. The van der Waals surface area contributed by atoms with Gasteiger partial charge < -0.3 is 15.4 Å². The van der Waals surface area contributed by atoms with E-state index in [1.807, 2.05) is 4.90 Å². The number of hydrogen-bond donors (Lipinski definition) is 1. The maximum atomic E-state index is 12.9. The second-order valence-electron chi connectivity index (χ2n) is 7.34. The van der Waals surface area contributed by atoms with Gasteiger partial charge in [-0.15, -0.1) is 0 Å². The predicted octanol–water partition coefficient (Wildman–Crippen LogP) is 0.222. The Morgan fingerprint density at radius 3 is 2.57 bits per heavy atom. The number of pyridine rings is 1. The van der Waals surface area contributed by atoms with Crippen molar-refractivity contribution in [2.75, 3.05) is 32.4 Å². The molecule has 0 bridgehead atoms. The molecule has 1 aromatic rings. The van der Waals surface area contributed by atoms with E-state index in [9.17, 15) is 18.0 Å². The van der Waals surface area contributed by atoms with E-state index in [1.54, 1.807) is 6.07 Å². The van der Waals surface area contributed by atoms with Crippen molar-refractivity contribution in [3.05, 3.63) is 24.0 Å². The van der Waals surface area contributed by atoms with Gasteiger partial charge in [0, 0.05) is 37.8 Å². The number of hydrogen-bond acceptors (Lipinski definition) is 6. The molecule has 2 fully saturated rings. The van der Waals surface area contributed by atoms with E-state index in [4.69, 9.17) is 10.5 Å². The average molecular weight is 410 g/mol. The number of carbonyl (C=O) groups excluding carboxylic acids is 2. The number of primary amides is 1. The summed E-state index contributed by atoms with van der Waals surface area (Å²) in [5.74, 6) is -0.205. The summed E-state index contributed by atoms with van der Waals surface area (Å²) >= 11 is 0. The Balaban J connectivity index is 1.57. The molecule has 1 unspecified atom stereocenters. The summed E-state index contributed by atoms with van der Waals surface area (Å²) in [6.45, 7) is 1.92. The highest BCUT2D eigenvalue weighted by Gasteiger charge is 2.33. The molecule has 2 saturated heterocycles. The summed E-state index contributed by atoms with van der Waals surface area (Å²) in [7, 11) is -3.20. The third-order valence-corrected chi connectivity index (χ3v) is 6.55. The van der Waals surface area contributed by atoms with Crippen molar-refractivity contribution in [1.82, 2.24) is 14.2 Å². The molecule has 0 spiro atoms. The number of aromatic nitrogens is 1. The van der Waals surface area contributed by atoms with E-state index < -0.39 is 15.9 Å².